The molecular weight excluding hydrogens is 280 g/mol. The quantitative estimate of drug-likeness (QED) is 0.840. The molecule has 22 heavy (non-hydrogen) atoms. The first kappa shape index (κ1) is 16.3. The molecule has 1 fully saturated rings. The van der Waals surface area contributed by atoms with Crippen molar-refractivity contribution in [1.82, 2.24) is 9.80 Å². The summed E-state index contributed by atoms with van der Waals surface area (Å²) >= 11 is 0. The van der Waals surface area contributed by atoms with Gasteiger partial charge in [0.1, 0.15) is 6.61 Å². The molecule has 0 N–H and O–H groups in total. The maximum Gasteiger partial charge on any atom is 0.410 e. The second kappa shape index (κ2) is 7.82. The maximum absolute atomic E-state index is 12.3. The Hall–Kier alpha value is -2.04. The monoisotopic (exact) mass is 304 g/mol. The number of likely N-dealkylation sites (tertiary alicyclic amines) is 1. The van der Waals surface area contributed by atoms with Crippen LogP contribution < -0.4 is 0 Å². The molecule has 1 aromatic carbocycles. The number of benzene rings is 1. The number of hydrogen-bond donors (Lipinski definition) is 0. The van der Waals surface area contributed by atoms with Gasteiger partial charge in [0, 0.05) is 26.2 Å². The number of rotatable bonds is 5. The SMILES string of the molecule is CCN(CC)C(=O)[C@H]1CCN(C(=O)OCc2ccccc2)C1. The Morgan fingerprint density at radius 3 is 2.55 bits per heavy atom. The minimum atomic E-state index is -0.335. The molecule has 1 aliphatic heterocycles. The lowest BCUT2D eigenvalue weighted by atomic mass is 10.1. The summed E-state index contributed by atoms with van der Waals surface area (Å²) in [5.74, 6) is 0.0486. The lowest BCUT2D eigenvalue weighted by Gasteiger charge is -2.22. The Balaban J connectivity index is 1.82. The summed E-state index contributed by atoms with van der Waals surface area (Å²) in [4.78, 5) is 27.8. The fourth-order valence-electron chi connectivity index (χ4n) is 2.73. The van der Waals surface area contributed by atoms with Crippen LogP contribution in [0.15, 0.2) is 30.3 Å². The van der Waals surface area contributed by atoms with E-state index in [0.717, 1.165) is 12.0 Å². The van der Waals surface area contributed by atoms with Crippen LogP contribution in [0.1, 0.15) is 25.8 Å². The molecule has 5 heteroatoms. The molecule has 0 aliphatic carbocycles. The standard InChI is InChI=1S/C17H24N2O3/c1-3-18(4-2)16(20)15-10-11-19(12-15)17(21)22-13-14-8-6-5-7-9-14/h5-9,15H,3-4,10-13H2,1-2H3/t15-/m0/s1. The summed E-state index contributed by atoms with van der Waals surface area (Å²) in [5.41, 5.74) is 0.964. The van der Waals surface area contributed by atoms with E-state index in [4.69, 9.17) is 4.74 Å². The second-order valence-corrected chi connectivity index (χ2v) is 5.48. The maximum atomic E-state index is 12.3. The third-order valence-corrected chi connectivity index (χ3v) is 4.08. The van der Waals surface area contributed by atoms with E-state index in [-0.39, 0.29) is 24.5 Å². The molecule has 120 valence electrons. The molecule has 0 bridgehead atoms. The number of nitrogens with zero attached hydrogens (tertiary/aromatic N) is 2. The van der Waals surface area contributed by atoms with Gasteiger partial charge in [0.25, 0.3) is 0 Å². The largest absolute Gasteiger partial charge is 0.445 e. The highest BCUT2D eigenvalue weighted by Crippen LogP contribution is 2.20. The van der Waals surface area contributed by atoms with Crippen molar-refractivity contribution in [2.75, 3.05) is 26.2 Å². The Morgan fingerprint density at radius 2 is 1.91 bits per heavy atom. The Morgan fingerprint density at radius 1 is 1.23 bits per heavy atom. The molecule has 2 rings (SSSR count). The first-order chi connectivity index (χ1) is 10.7. The predicted molar refractivity (Wildman–Crippen MR) is 84.2 cm³/mol. The van der Waals surface area contributed by atoms with Crippen molar-refractivity contribution in [3.63, 3.8) is 0 Å². The second-order valence-electron chi connectivity index (χ2n) is 5.48. The number of hydrogen-bond acceptors (Lipinski definition) is 3. The topological polar surface area (TPSA) is 49.9 Å². The summed E-state index contributed by atoms with van der Waals surface area (Å²) in [5, 5.41) is 0. The van der Waals surface area contributed by atoms with Gasteiger partial charge in [0.05, 0.1) is 5.92 Å². The van der Waals surface area contributed by atoms with Gasteiger partial charge in [-0.25, -0.2) is 4.79 Å². The van der Waals surface area contributed by atoms with E-state index in [1.807, 2.05) is 49.1 Å². The van der Waals surface area contributed by atoms with Gasteiger partial charge in [0.15, 0.2) is 0 Å². The van der Waals surface area contributed by atoms with Gasteiger partial charge >= 0.3 is 6.09 Å². The Labute approximate surface area is 131 Å². The molecule has 0 aromatic heterocycles. The third-order valence-electron chi connectivity index (χ3n) is 4.08. The minimum Gasteiger partial charge on any atom is -0.445 e. The van der Waals surface area contributed by atoms with Crippen LogP contribution in [0, 0.1) is 5.92 Å². The Bertz CT molecular complexity index is 500. The van der Waals surface area contributed by atoms with Crippen molar-refractivity contribution in [3.8, 4) is 0 Å². The smallest absolute Gasteiger partial charge is 0.410 e. The average molecular weight is 304 g/mol. The van der Waals surface area contributed by atoms with Crippen LogP contribution in [-0.4, -0.2) is 48.0 Å². The molecule has 0 radical (unpaired) electrons. The summed E-state index contributed by atoms with van der Waals surface area (Å²) in [7, 11) is 0. The van der Waals surface area contributed by atoms with E-state index >= 15 is 0 Å². The number of amides is 2. The van der Waals surface area contributed by atoms with Gasteiger partial charge < -0.3 is 14.5 Å². The van der Waals surface area contributed by atoms with Crippen molar-refractivity contribution in [2.45, 2.75) is 26.9 Å². The number of ether oxygens (including phenoxy) is 1. The van der Waals surface area contributed by atoms with Crippen molar-refractivity contribution in [3.05, 3.63) is 35.9 Å². The fraction of sp³-hybridized carbons (Fsp3) is 0.529. The molecule has 0 saturated carbocycles. The summed E-state index contributed by atoms with van der Waals surface area (Å²) in [6, 6.07) is 9.60. The number of carbonyl (C=O) groups is 2. The molecule has 1 saturated heterocycles. The molecule has 0 spiro atoms. The summed E-state index contributed by atoms with van der Waals surface area (Å²) < 4.78 is 5.32. The molecule has 1 aliphatic rings. The van der Waals surface area contributed by atoms with Crippen LogP contribution in [0.2, 0.25) is 0 Å². The minimum absolute atomic E-state index is 0.0934. The van der Waals surface area contributed by atoms with Crippen molar-refractivity contribution >= 4 is 12.0 Å². The van der Waals surface area contributed by atoms with Gasteiger partial charge in [-0.3, -0.25) is 4.79 Å². The van der Waals surface area contributed by atoms with Gasteiger partial charge in [-0.15, -0.1) is 0 Å². The average Bonchev–Trinajstić information content (AvgIpc) is 3.04. The van der Waals surface area contributed by atoms with E-state index in [1.165, 1.54) is 0 Å². The molecule has 5 nitrogen and oxygen atoms in total. The molecule has 1 atom stereocenters. The summed E-state index contributed by atoms with van der Waals surface area (Å²) in [6.45, 7) is 6.69. The first-order valence-corrected chi connectivity index (χ1v) is 7.90. The highest BCUT2D eigenvalue weighted by molar-refractivity contribution is 5.80. The zero-order valence-electron chi connectivity index (χ0n) is 13.3. The van der Waals surface area contributed by atoms with Crippen molar-refractivity contribution in [1.29, 1.82) is 0 Å². The highest BCUT2D eigenvalue weighted by Gasteiger charge is 2.33. The molecule has 1 aromatic rings. The van der Waals surface area contributed by atoms with E-state index in [0.29, 0.717) is 26.2 Å². The predicted octanol–water partition coefficient (Wildman–Crippen LogP) is 2.51. The normalized spacial score (nSPS) is 17.4. The van der Waals surface area contributed by atoms with Crippen LogP contribution in [0.5, 0.6) is 0 Å². The van der Waals surface area contributed by atoms with Crippen molar-refractivity contribution in [2.24, 2.45) is 5.92 Å². The molecule has 0 unspecified atom stereocenters. The van der Waals surface area contributed by atoms with Gasteiger partial charge in [0.2, 0.25) is 5.91 Å². The van der Waals surface area contributed by atoms with E-state index < -0.39 is 0 Å². The van der Waals surface area contributed by atoms with Crippen LogP contribution in [0.25, 0.3) is 0 Å². The number of carbonyl (C=O) groups excluding carboxylic acids is 2. The van der Waals surface area contributed by atoms with Gasteiger partial charge in [-0.1, -0.05) is 30.3 Å². The van der Waals surface area contributed by atoms with Crippen LogP contribution in [0.3, 0.4) is 0 Å². The van der Waals surface area contributed by atoms with Crippen LogP contribution in [0.4, 0.5) is 4.79 Å². The van der Waals surface area contributed by atoms with Crippen molar-refractivity contribution < 1.29 is 14.3 Å². The van der Waals surface area contributed by atoms with Crippen LogP contribution in [-0.2, 0) is 16.1 Å². The Kier molecular flexibility index (Phi) is 5.81. The summed E-state index contributed by atoms with van der Waals surface area (Å²) in [6.07, 6.45) is 0.383. The zero-order valence-corrected chi connectivity index (χ0v) is 13.3. The lowest BCUT2D eigenvalue weighted by Crippen LogP contribution is -2.38. The van der Waals surface area contributed by atoms with E-state index in [1.54, 1.807) is 4.90 Å². The van der Waals surface area contributed by atoms with E-state index in [2.05, 4.69) is 0 Å². The third kappa shape index (κ3) is 4.00. The molecule has 2 amide bonds. The highest BCUT2D eigenvalue weighted by atomic mass is 16.6. The molecular formula is C17H24N2O3. The van der Waals surface area contributed by atoms with Gasteiger partial charge in [-0.05, 0) is 25.8 Å². The van der Waals surface area contributed by atoms with Gasteiger partial charge in [-0.2, -0.15) is 0 Å². The van der Waals surface area contributed by atoms with Crippen LogP contribution >= 0.6 is 0 Å². The first-order valence-electron chi connectivity index (χ1n) is 7.90. The lowest BCUT2D eigenvalue weighted by molar-refractivity contribution is -0.134. The van der Waals surface area contributed by atoms with E-state index in [9.17, 15) is 9.59 Å². The fourth-order valence-corrected chi connectivity index (χ4v) is 2.73. The zero-order chi connectivity index (χ0) is 15.9. The molecule has 1 heterocycles.